The minimum Gasteiger partial charge on any atom is -0.356 e. The Morgan fingerprint density at radius 1 is 1.08 bits per heavy atom. The van der Waals surface area contributed by atoms with E-state index >= 15 is 0 Å². The molecule has 0 unspecified atom stereocenters. The highest BCUT2D eigenvalue weighted by molar-refractivity contribution is 6.03. The molecule has 1 aromatic rings. The van der Waals surface area contributed by atoms with Crippen molar-refractivity contribution >= 4 is 23.4 Å². The summed E-state index contributed by atoms with van der Waals surface area (Å²) in [5.41, 5.74) is 0.849. The van der Waals surface area contributed by atoms with Crippen molar-refractivity contribution in [3.05, 3.63) is 29.8 Å². The number of amides is 3. The lowest BCUT2D eigenvalue weighted by Gasteiger charge is -2.10. The van der Waals surface area contributed by atoms with E-state index in [1.165, 1.54) is 6.92 Å². The van der Waals surface area contributed by atoms with Crippen LogP contribution in [-0.2, 0) is 9.59 Å². The van der Waals surface area contributed by atoms with E-state index in [-0.39, 0.29) is 24.3 Å². The predicted octanol–water partition coefficient (Wildman–Crippen LogP) is 1.68. The minimum atomic E-state index is -0.320. The minimum absolute atomic E-state index is 0.0486. The van der Waals surface area contributed by atoms with Gasteiger partial charge in [0.05, 0.1) is 17.8 Å². The number of hydrogen-bond donors (Lipinski definition) is 3. The lowest BCUT2D eigenvalue weighted by atomic mass is 10.1. The van der Waals surface area contributed by atoms with E-state index in [9.17, 15) is 14.4 Å². The van der Waals surface area contributed by atoms with Crippen LogP contribution in [0.2, 0.25) is 0 Å². The van der Waals surface area contributed by atoms with Gasteiger partial charge in [0.1, 0.15) is 0 Å². The molecular weight excluding hydrogens is 306 g/mol. The maximum Gasteiger partial charge on any atom is 0.254 e. The van der Waals surface area contributed by atoms with E-state index in [0.29, 0.717) is 24.2 Å². The third-order valence-corrected chi connectivity index (χ3v) is 3.25. The lowest BCUT2D eigenvalue weighted by Crippen LogP contribution is -2.25. The molecule has 1 aromatic carbocycles. The molecule has 0 spiro atoms. The van der Waals surface area contributed by atoms with E-state index in [4.69, 9.17) is 6.42 Å². The summed E-state index contributed by atoms with van der Waals surface area (Å²) in [6.07, 6.45) is 7.88. The van der Waals surface area contributed by atoms with Gasteiger partial charge in [0.2, 0.25) is 11.8 Å². The molecule has 0 aliphatic rings. The van der Waals surface area contributed by atoms with Crippen molar-refractivity contribution < 1.29 is 14.4 Å². The van der Waals surface area contributed by atoms with Gasteiger partial charge in [0.15, 0.2) is 0 Å². The Morgan fingerprint density at radius 3 is 2.54 bits per heavy atom. The fourth-order valence-electron chi connectivity index (χ4n) is 2.08. The largest absolute Gasteiger partial charge is 0.356 e. The third kappa shape index (κ3) is 7.45. The Bertz CT molecular complexity index is 620. The normalized spacial score (nSPS) is 9.67. The third-order valence-electron chi connectivity index (χ3n) is 3.25. The van der Waals surface area contributed by atoms with E-state index in [0.717, 1.165) is 19.3 Å². The molecule has 0 heterocycles. The summed E-state index contributed by atoms with van der Waals surface area (Å²) in [6.45, 7) is 2.23. The van der Waals surface area contributed by atoms with Gasteiger partial charge in [0.25, 0.3) is 5.91 Å². The molecule has 0 radical (unpaired) electrons. The number of nitrogens with one attached hydrogen (secondary N) is 3. The highest BCUT2D eigenvalue weighted by Crippen LogP contribution is 2.15. The van der Waals surface area contributed by atoms with Crippen molar-refractivity contribution in [1.82, 2.24) is 10.6 Å². The average molecular weight is 329 g/mol. The van der Waals surface area contributed by atoms with Gasteiger partial charge in [-0.2, -0.15) is 0 Å². The van der Waals surface area contributed by atoms with Crippen molar-refractivity contribution in [2.75, 3.05) is 18.4 Å². The maximum atomic E-state index is 12.0. The molecule has 24 heavy (non-hydrogen) atoms. The summed E-state index contributed by atoms with van der Waals surface area (Å²) in [6, 6.07) is 6.79. The molecule has 6 heteroatoms. The van der Waals surface area contributed by atoms with Crippen LogP contribution in [0.1, 0.15) is 43.0 Å². The summed E-state index contributed by atoms with van der Waals surface area (Å²) in [5.74, 6) is 1.82. The number of carbonyl (C=O) groups excluding carboxylic acids is 3. The summed E-state index contributed by atoms with van der Waals surface area (Å²) in [7, 11) is 0. The van der Waals surface area contributed by atoms with Gasteiger partial charge in [-0.15, -0.1) is 6.42 Å². The van der Waals surface area contributed by atoms with Gasteiger partial charge >= 0.3 is 0 Å². The number of unbranched alkanes of at least 4 members (excludes halogenated alkanes) is 2. The van der Waals surface area contributed by atoms with Crippen molar-refractivity contribution in [3.63, 3.8) is 0 Å². The summed E-state index contributed by atoms with van der Waals surface area (Å²) < 4.78 is 0. The van der Waals surface area contributed by atoms with Gasteiger partial charge < -0.3 is 16.0 Å². The SMILES string of the molecule is C#CCNC(=O)c1ccccc1NC(=O)CCCCCNC(C)=O. The Balaban J connectivity index is 2.43. The standard InChI is InChI=1S/C18H23N3O3/c1-3-12-20-18(24)15-9-6-7-10-16(15)21-17(23)11-5-4-8-13-19-14(2)22/h1,6-7,9-10H,4-5,8,11-13H2,2H3,(H,19,22)(H,20,24)(H,21,23). The number of rotatable bonds is 9. The first-order valence-corrected chi connectivity index (χ1v) is 7.89. The summed E-state index contributed by atoms with van der Waals surface area (Å²) in [4.78, 5) is 34.7. The quantitative estimate of drug-likeness (QED) is 0.476. The second-order valence-corrected chi connectivity index (χ2v) is 5.27. The lowest BCUT2D eigenvalue weighted by molar-refractivity contribution is -0.119. The van der Waals surface area contributed by atoms with Crippen LogP contribution in [0.5, 0.6) is 0 Å². The van der Waals surface area contributed by atoms with E-state index in [2.05, 4.69) is 21.9 Å². The van der Waals surface area contributed by atoms with Crippen LogP contribution in [0.25, 0.3) is 0 Å². The summed E-state index contributed by atoms with van der Waals surface area (Å²) >= 11 is 0. The first kappa shape index (κ1) is 19.2. The molecule has 0 aliphatic heterocycles. The Morgan fingerprint density at radius 2 is 1.83 bits per heavy atom. The van der Waals surface area contributed by atoms with Gasteiger partial charge in [0, 0.05) is 19.9 Å². The molecule has 6 nitrogen and oxygen atoms in total. The molecule has 3 amide bonds. The molecule has 0 aliphatic carbocycles. The van der Waals surface area contributed by atoms with Crippen molar-refractivity contribution in [2.24, 2.45) is 0 Å². The van der Waals surface area contributed by atoms with Gasteiger partial charge in [-0.1, -0.05) is 24.5 Å². The van der Waals surface area contributed by atoms with Crippen LogP contribution >= 0.6 is 0 Å². The monoisotopic (exact) mass is 329 g/mol. The zero-order valence-electron chi connectivity index (χ0n) is 13.9. The number of benzene rings is 1. The highest BCUT2D eigenvalue weighted by Gasteiger charge is 2.12. The molecule has 3 N–H and O–H groups in total. The Hall–Kier alpha value is -2.81. The van der Waals surface area contributed by atoms with Gasteiger partial charge in [-0.05, 0) is 25.0 Å². The molecule has 0 atom stereocenters. The zero-order valence-corrected chi connectivity index (χ0v) is 13.9. The number of hydrogen-bond acceptors (Lipinski definition) is 3. The van der Waals surface area contributed by atoms with E-state index in [1.807, 2.05) is 0 Å². The van der Waals surface area contributed by atoms with Crippen LogP contribution in [0.3, 0.4) is 0 Å². The van der Waals surface area contributed by atoms with Crippen LogP contribution in [-0.4, -0.2) is 30.8 Å². The van der Waals surface area contributed by atoms with Crippen molar-refractivity contribution in [3.8, 4) is 12.3 Å². The fraction of sp³-hybridized carbons (Fsp3) is 0.389. The van der Waals surface area contributed by atoms with Crippen LogP contribution < -0.4 is 16.0 Å². The number of anilines is 1. The second-order valence-electron chi connectivity index (χ2n) is 5.27. The first-order valence-electron chi connectivity index (χ1n) is 7.89. The Kier molecular flexibility index (Phi) is 8.69. The second kappa shape index (κ2) is 10.8. The zero-order chi connectivity index (χ0) is 17.8. The predicted molar refractivity (Wildman–Crippen MR) is 93.4 cm³/mol. The van der Waals surface area contributed by atoms with Crippen molar-refractivity contribution in [1.29, 1.82) is 0 Å². The Labute approximate surface area is 142 Å². The number of para-hydroxylation sites is 1. The smallest absolute Gasteiger partial charge is 0.254 e. The molecule has 0 aromatic heterocycles. The average Bonchev–Trinajstić information content (AvgIpc) is 2.56. The molecule has 0 saturated heterocycles. The molecule has 0 saturated carbocycles. The molecule has 128 valence electrons. The molecule has 0 fully saturated rings. The highest BCUT2D eigenvalue weighted by atomic mass is 16.2. The molecule has 1 rings (SSSR count). The topological polar surface area (TPSA) is 87.3 Å². The summed E-state index contributed by atoms with van der Waals surface area (Å²) in [5, 5.41) is 8.04. The van der Waals surface area contributed by atoms with Crippen LogP contribution in [0.4, 0.5) is 5.69 Å². The molecule has 0 bridgehead atoms. The van der Waals surface area contributed by atoms with E-state index in [1.54, 1.807) is 24.3 Å². The van der Waals surface area contributed by atoms with Crippen LogP contribution in [0.15, 0.2) is 24.3 Å². The van der Waals surface area contributed by atoms with Gasteiger partial charge in [-0.3, -0.25) is 14.4 Å². The number of carbonyl (C=O) groups is 3. The van der Waals surface area contributed by atoms with Crippen molar-refractivity contribution in [2.45, 2.75) is 32.6 Å². The number of terminal acetylenes is 1. The first-order chi connectivity index (χ1) is 11.5. The molecular formula is C18H23N3O3. The van der Waals surface area contributed by atoms with Gasteiger partial charge in [-0.25, -0.2) is 0 Å². The van der Waals surface area contributed by atoms with Crippen LogP contribution in [0, 0.1) is 12.3 Å². The maximum absolute atomic E-state index is 12.0. The fourth-order valence-corrected chi connectivity index (χ4v) is 2.08. The van der Waals surface area contributed by atoms with E-state index < -0.39 is 0 Å².